The highest BCUT2D eigenvalue weighted by molar-refractivity contribution is 5.93. The monoisotopic (exact) mass is 370 g/mol. The van der Waals surface area contributed by atoms with Crippen LogP contribution < -0.4 is 0 Å². The molecule has 0 radical (unpaired) electrons. The van der Waals surface area contributed by atoms with Crippen LogP contribution in [0.15, 0.2) is 27.1 Å². The molecule has 2 heterocycles. The molecule has 2 aliphatic carbocycles. The van der Waals surface area contributed by atoms with Gasteiger partial charge in [0.15, 0.2) is 11.5 Å². The van der Waals surface area contributed by atoms with Crippen LogP contribution in [0.25, 0.3) is 11.5 Å². The third-order valence-electron chi connectivity index (χ3n) is 6.15. The lowest BCUT2D eigenvalue weighted by Gasteiger charge is -2.41. The summed E-state index contributed by atoms with van der Waals surface area (Å²) in [6, 6.07) is 6.28. The lowest BCUT2D eigenvalue weighted by molar-refractivity contribution is 0.0438. The second-order valence-electron chi connectivity index (χ2n) is 7.99. The Kier molecular flexibility index (Phi) is 5.65. The highest BCUT2D eigenvalue weighted by atomic mass is 16.5. The molecule has 0 atom stereocenters. The van der Waals surface area contributed by atoms with Gasteiger partial charge < -0.3 is 13.8 Å². The van der Waals surface area contributed by atoms with Gasteiger partial charge in [-0.1, -0.05) is 50.6 Å². The molecule has 27 heavy (non-hydrogen) atoms. The normalized spacial score (nSPS) is 19.3. The molecule has 2 aromatic heterocycles. The molecule has 0 aromatic carbocycles. The van der Waals surface area contributed by atoms with Gasteiger partial charge in [-0.3, -0.25) is 4.79 Å². The summed E-state index contributed by atoms with van der Waals surface area (Å²) in [6.07, 6.45) is 12.7. The van der Waals surface area contributed by atoms with Crippen molar-refractivity contribution in [3.63, 3.8) is 0 Å². The minimum Gasteiger partial charge on any atom is -0.458 e. The van der Waals surface area contributed by atoms with Gasteiger partial charge in [-0.05, 0) is 37.8 Å². The maximum atomic E-state index is 13.4. The van der Waals surface area contributed by atoms with E-state index in [1.165, 1.54) is 38.5 Å². The summed E-state index contributed by atoms with van der Waals surface area (Å²) in [5.74, 6) is 2.11. The highest BCUT2D eigenvalue weighted by Gasteiger charge is 2.34. The van der Waals surface area contributed by atoms with Gasteiger partial charge in [0.1, 0.15) is 5.76 Å². The van der Waals surface area contributed by atoms with Crippen molar-refractivity contribution in [3.8, 4) is 11.5 Å². The summed E-state index contributed by atoms with van der Waals surface area (Å²) >= 11 is 0. The van der Waals surface area contributed by atoms with Gasteiger partial charge in [0, 0.05) is 24.6 Å². The summed E-state index contributed by atoms with van der Waals surface area (Å²) in [5, 5.41) is 4.11. The van der Waals surface area contributed by atoms with Crippen molar-refractivity contribution in [2.45, 2.75) is 89.6 Å². The van der Waals surface area contributed by atoms with Gasteiger partial charge in [-0.15, -0.1) is 0 Å². The molecule has 2 aromatic rings. The number of furan rings is 1. The number of nitrogens with zero attached hydrogens (tertiary/aromatic N) is 2. The smallest absolute Gasteiger partial charge is 0.276 e. The van der Waals surface area contributed by atoms with E-state index in [4.69, 9.17) is 8.94 Å². The average Bonchev–Trinajstić information content (AvgIpc) is 3.39. The first kappa shape index (κ1) is 18.3. The predicted molar refractivity (Wildman–Crippen MR) is 103 cm³/mol. The molecule has 2 aliphatic rings. The molecule has 0 spiro atoms. The fourth-order valence-electron chi connectivity index (χ4n) is 4.67. The fraction of sp³-hybridized carbons (Fsp3) is 0.636. The van der Waals surface area contributed by atoms with E-state index in [1.54, 1.807) is 6.07 Å². The number of rotatable bonds is 5. The summed E-state index contributed by atoms with van der Waals surface area (Å²) in [4.78, 5) is 15.6. The molecule has 0 aliphatic heterocycles. The van der Waals surface area contributed by atoms with E-state index >= 15 is 0 Å². The van der Waals surface area contributed by atoms with Crippen molar-refractivity contribution in [1.82, 2.24) is 10.1 Å². The number of carbonyl (C=O) groups excluding carboxylic acids is 1. The molecule has 0 saturated heterocycles. The Hall–Kier alpha value is -2.04. The Labute approximate surface area is 161 Å². The molecule has 2 saturated carbocycles. The standard InChI is InChI=1S/C22H30N2O3/c1-2-18-13-14-20(26-18)21-15-19(23-27-21)22(25)24(16-9-5-3-6-10-16)17-11-7-4-8-12-17/h13-17H,2-12H2,1H3. The zero-order valence-electron chi connectivity index (χ0n) is 16.3. The number of amides is 1. The van der Waals surface area contributed by atoms with E-state index in [0.29, 0.717) is 29.3 Å². The van der Waals surface area contributed by atoms with Crippen LogP contribution >= 0.6 is 0 Å². The maximum Gasteiger partial charge on any atom is 0.276 e. The molecule has 5 nitrogen and oxygen atoms in total. The summed E-state index contributed by atoms with van der Waals surface area (Å²) in [6.45, 7) is 2.05. The van der Waals surface area contributed by atoms with Crippen LogP contribution in [0.2, 0.25) is 0 Å². The number of aromatic nitrogens is 1. The SMILES string of the molecule is CCc1ccc(-c2cc(C(=O)N(C3CCCCC3)C3CCCCC3)no2)o1. The van der Waals surface area contributed by atoms with Crippen molar-refractivity contribution in [2.24, 2.45) is 0 Å². The van der Waals surface area contributed by atoms with Crippen molar-refractivity contribution < 1.29 is 13.7 Å². The molecule has 1 amide bonds. The quantitative estimate of drug-likeness (QED) is 0.687. The molecular formula is C22H30N2O3. The van der Waals surface area contributed by atoms with Crippen molar-refractivity contribution in [3.05, 3.63) is 29.7 Å². The second kappa shape index (κ2) is 8.32. The first-order chi connectivity index (χ1) is 13.3. The molecule has 2 fully saturated rings. The van der Waals surface area contributed by atoms with Gasteiger partial charge in [0.05, 0.1) is 0 Å². The zero-order chi connectivity index (χ0) is 18.6. The predicted octanol–water partition coefficient (Wildman–Crippen LogP) is 5.60. The third kappa shape index (κ3) is 3.97. The Morgan fingerprint density at radius 1 is 1.00 bits per heavy atom. The van der Waals surface area contributed by atoms with Gasteiger partial charge in [-0.2, -0.15) is 0 Å². The first-order valence-corrected chi connectivity index (χ1v) is 10.6. The minimum atomic E-state index is 0.0334. The molecular weight excluding hydrogens is 340 g/mol. The lowest BCUT2D eigenvalue weighted by atomic mass is 9.88. The van der Waals surface area contributed by atoms with Crippen molar-refractivity contribution >= 4 is 5.91 Å². The van der Waals surface area contributed by atoms with Gasteiger partial charge in [0.2, 0.25) is 5.76 Å². The van der Waals surface area contributed by atoms with Crippen LogP contribution in [0.5, 0.6) is 0 Å². The Morgan fingerprint density at radius 2 is 1.63 bits per heavy atom. The number of hydrogen-bond acceptors (Lipinski definition) is 4. The van der Waals surface area contributed by atoms with Gasteiger partial charge >= 0.3 is 0 Å². The van der Waals surface area contributed by atoms with E-state index in [9.17, 15) is 4.79 Å². The lowest BCUT2D eigenvalue weighted by Crippen LogP contribution is -2.48. The Balaban J connectivity index is 1.57. The Bertz CT molecular complexity index is 733. The van der Waals surface area contributed by atoms with E-state index < -0.39 is 0 Å². The van der Waals surface area contributed by atoms with Crippen molar-refractivity contribution in [2.75, 3.05) is 0 Å². The van der Waals surface area contributed by atoms with Crippen molar-refractivity contribution in [1.29, 1.82) is 0 Å². The molecule has 5 heteroatoms. The fourth-order valence-corrected chi connectivity index (χ4v) is 4.67. The van der Waals surface area contributed by atoms with E-state index in [1.807, 2.05) is 19.1 Å². The summed E-state index contributed by atoms with van der Waals surface area (Å²) in [5.41, 5.74) is 0.413. The van der Waals surface area contributed by atoms with Crippen LogP contribution in [0.3, 0.4) is 0 Å². The molecule has 0 N–H and O–H groups in total. The number of hydrogen-bond donors (Lipinski definition) is 0. The summed E-state index contributed by atoms with van der Waals surface area (Å²) < 4.78 is 11.2. The van der Waals surface area contributed by atoms with Crippen LogP contribution in [-0.2, 0) is 6.42 Å². The molecule has 0 bridgehead atoms. The minimum absolute atomic E-state index is 0.0334. The zero-order valence-corrected chi connectivity index (χ0v) is 16.3. The maximum absolute atomic E-state index is 13.4. The number of aryl methyl sites for hydroxylation is 1. The van der Waals surface area contributed by atoms with Crippen LogP contribution in [0.1, 0.15) is 87.4 Å². The van der Waals surface area contributed by atoms with Crippen LogP contribution in [-0.4, -0.2) is 28.0 Å². The first-order valence-electron chi connectivity index (χ1n) is 10.6. The molecule has 4 rings (SSSR count). The molecule has 146 valence electrons. The largest absolute Gasteiger partial charge is 0.458 e. The van der Waals surface area contributed by atoms with E-state index in [-0.39, 0.29) is 5.91 Å². The topological polar surface area (TPSA) is 59.5 Å². The third-order valence-corrected chi connectivity index (χ3v) is 6.15. The number of carbonyl (C=O) groups is 1. The molecule has 0 unspecified atom stereocenters. The van der Waals surface area contributed by atoms with Gasteiger partial charge in [-0.25, -0.2) is 0 Å². The highest BCUT2D eigenvalue weighted by Crippen LogP contribution is 2.32. The Morgan fingerprint density at radius 3 is 2.19 bits per heavy atom. The van der Waals surface area contributed by atoms with E-state index in [0.717, 1.165) is 37.9 Å². The van der Waals surface area contributed by atoms with Crippen LogP contribution in [0, 0.1) is 0 Å². The van der Waals surface area contributed by atoms with Gasteiger partial charge in [0.25, 0.3) is 5.91 Å². The van der Waals surface area contributed by atoms with Crippen LogP contribution in [0.4, 0.5) is 0 Å². The average molecular weight is 370 g/mol. The van der Waals surface area contributed by atoms with E-state index in [2.05, 4.69) is 10.1 Å². The second-order valence-corrected chi connectivity index (χ2v) is 7.99. The summed E-state index contributed by atoms with van der Waals surface area (Å²) in [7, 11) is 0.